The lowest BCUT2D eigenvalue weighted by molar-refractivity contribution is -0.138. The van der Waals surface area contributed by atoms with Gasteiger partial charge in [0.1, 0.15) is 0 Å². The van der Waals surface area contributed by atoms with Crippen LogP contribution in [0.3, 0.4) is 0 Å². The average molecular weight is 468 g/mol. The number of halogens is 6. The summed E-state index contributed by atoms with van der Waals surface area (Å²) < 4.78 is 105. The number of aryl methyl sites for hydroxylation is 1. The Kier molecular flexibility index (Phi) is 7.06. The maximum Gasteiger partial charge on any atom is 0.418 e. The number of anilines is 1. The van der Waals surface area contributed by atoms with Gasteiger partial charge in [0.2, 0.25) is 15.9 Å². The van der Waals surface area contributed by atoms with Crippen molar-refractivity contribution in [1.82, 2.24) is 4.31 Å². The molecule has 0 saturated heterocycles. The lowest BCUT2D eigenvalue weighted by atomic mass is 10.1. The van der Waals surface area contributed by atoms with Crippen molar-refractivity contribution in [2.75, 3.05) is 18.4 Å². The first-order valence-electron chi connectivity index (χ1n) is 8.82. The summed E-state index contributed by atoms with van der Waals surface area (Å²) in [5.41, 5.74) is -3.02. The fourth-order valence-electron chi connectivity index (χ4n) is 2.77. The molecular weight excluding hydrogens is 450 g/mol. The molecule has 5 nitrogen and oxygen atoms in total. The van der Waals surface area contributed by atoms with Gasteiger partial charge in [0.15, 0.2) is 0 Å². The molecule has 12 heteroatoms. The third-order valence-electron chi connectivity index (χ3n) is 4.33. The summed E-state index contributed by atoms with van der Waals surface area (Å²) in [6.07, 6.45) is -9.54. The second-order valence-corrected chi connectivity index (χ2v) is 8.44. The first-order valence-corrected chi connectivity index (χ1v) is 10.3. The quantitative estimate of drug-likeness (QED) is 0.626. The van der Waals surface area contributed by atoms with Crippen molar-refractivity contribution in [2.24, 2.45) is 0 Å². The van der Waals surface area contributed by atoms with Crippen molar-refractivity contribution in [1.29, 1.82) is 0 Å². The second kappa shape index (κ2) is 8.87. The molecule has 0 atom stereocenters. The highest BCUT2D eigenvalue weighted by molar-refractivity contribution is 7.89. The van der Waals surface area contributed by atoms with Gasteiger partial charge >= 0.3 is 12.4 Å². The predicted octanol–water partition coefficient (Wildman–Crippen LogP) is 4.68. The number of benzene rings is 2. The van der Waals surface area contributed by atoms with Crippen LogP contribution in [0.25, 0.3) is 0 Å². The number of rotatable bonds is 6. The number of carbonyl (C=O) groups is 1. The summed E-state index contributed by atoms with van der Waals surface area (Å²) >= 11 is 0. The Morgan fingerprint density at radius 2 is 1.55 bits per heavy atom. The van der Waals surface area contributed by atoms with E-state index in [1.165, 1.54) is 19.9 Å². The van der Waals surface area contributed by atoms with Gasteiger partial charge in [-0.3, -0.25) is 4.79 Å². The van der Waals surface area contributed by atoms with Gasteiger partial charge in [-0.2, -0.15) is 30.6 Å². The molecular formula is C19H18F6N2O3S. The third kappa shape index (κ3) is 5.76. The van der Waals surface area contributed by atoms with E-state index in [2.05, 4.69) is 0 Å². The van der Waals surface area contributed by atoms with Crippen LogP contribution in [-0.2, 0) is 27.2 Å². The van der Waals surface area contributed by atoms with Crippen LogP contribution in [0.5, 0.6) is 0 Å². The molecule has 0 bridgehead atoms. The number of amides is 1. The molecule has 2 aromatic carbocycles. The minimum absolute atomic E-state index is 0.184. The molecule has 1 N–H and O–H groups in total. The van der Waals surface area contributed by atoms with E-state index in [-0.39, 0.29) is 12.1 Å². The number of carbonyl (C=O) groups excluding carboxylic acids is 1. The van der Waals surface area contributed by atoms with E-state index in [1.54, 1.807) is 0 Å². The van der Waals surface area contributed by atoms with Gasteiger partial charge in [-0.25, -0.2) is 8.42 Å². The number of alkyl halides is 6. The highest BCUT2D eigenvalue weighted by atomic mass is 32.2. The SMILES string of the molecule is CCN(CC(=O)Nc1ccccc1C(F)(F)F)S(=O)(=O)c1ccc(C)c(C(F)(F)F)c1. The Hall–Kier alpha value is -2.60. The maximum atomic E-state index is 13.1. The molecule has 1 amide bonds. The highest BCUT2D eigenvalue weighted by Gasteiger charge is 2.36. The van der Waals surface area contributed by atoms with E-state index in [0.29, 0.717) is 10.4 Å². The summed E-state index contributed by atoms with van der Waals surface area (Å²) in [7, 11) is -4.53. The van der Waals surface area contributed by atoms with Crippen molar-refractivity contribution in [2.45, 2.75) is 31.1 Å². The summed E-state index contributed by atoms with van der Waals surface area (Å²) in [5, 5.41) is 2.01. The van der Waals surface area contributed by atoms with E-state index in [1.807, 2.05) is 5.32 Å². The number of hydrogen-bond donors (Lipinski definition) is 1. The van der Waals surface area contributed by atoms with E-state index in [0.717, 1.165) is 30.3 Å². The van der Waals surface area contributed by atoms with Crippen LogP contribution in [0.4, 0.5) is 32.0 Å². The summed E-state index contributed by atoms with van der Waals surface area (Å²) in [6.45, 7) is 1.32. The largest absolute Gasteiger partial charge is 0.418 e. The Labute approximate surface area is 174 Å². The second-order valence-electron chi connectivity index (χ2n) is 6.50. The van der Waals surface area contributed by atoms with Crippen molar-refractivity contribution >= 4 is 21.6 Å². The van der Waals surface area contributed by atoms with Gasteiger partial charge in [-0.05, 0) is 36.8 Å². The molecule has 0 saturated carbocycles. The first-order chi connectivity index (χ1) is 14.2. The number of hydrogen-bond acceptors (Lipinski definition) is 3. The molecule has 0 radical (unpaired) electrons. The molecule has 0 heterocycles. The Morgan fingerprint density at radius 1 is 0.968 bits per heavy atom. The lowest BCUT2D eigenvalue weighted by Crippen LogP contribution is -2.38. The average Bonchev–Trinajstić information content (AvgIpc) is 2.64. The van der Waals surface area contributed by atoms with E-state index < -0.39 is 56.5 Å². The Morgan fingerprint density at radius 3 is 2.10 bits per heavy atom. The van der Waals surface area contributed by atoms with Crippen LogP contribution in [0.15, 0.2) is 47.4 Å². The summed E-state index contributed by atoms with van der Waals surface area (Å²) in [5.74, 6) is -1.08. The zero-order chi connectivity index (χ0) is 23.6. The standard InChI is InChI=1S/C19H18F6N2O3S/c1-3-27(11-17(28)26-16-7-5-4-6-14(16)18(20,21)22)31(29,30)13-9-8-12(2)15(10-13)19(23,24)25/h4-10H,3,11H2,1-2H3,(H,26,28). The molecule has 0 aliphatic rings. The molecule has 31 heavy (non-hydrogen) atoms. The van der Waals surface area contributed by atoms with Crippen molar-refractivity contribution in [3.63, 3.8) is 0 Å². The zero-order valence-electron chi connectivity index (χ0n) is 16.3. The van der Waals surface area contributed by atoms with Gasteiger partial charge in [-0.15, -0.1) is 0 Å². The zero-order valence-corrected chi connectivity index (χ0v) is 17.1. The molecule has 0 aromatic heterocycles. The van der Waals surface area contributed by atoms with Crippen LogP contribution in [-0.4, -0.2) is 31.7 Å². The summed E-state index contributed by atoms with van der Waals surface area (Å²) in [4.78, 5) is 11.6. The number of para-hydroxylation sites is 1. The topological polar surface area (TPSA) is 66.5 Å². The minimum Gasteiger partial charge on any atom is -0.324 e. The van der Waals surface area contributed by atoms with Crippen LogP contribution in [0.2, 0.25) is 0 Å². The molecule has 0 aliphatic carbocycles. The molecule has 2 rings (SSSR count). The number of nitrogens with zero attached hydrogens (tertiary/aromatic N) is 1. The maximum absolute atomic E-state index is 13.1. The molecule has 0 unspecified atom stereocenters. The molecule has 0 fully saturated rings. The van der Waals surface area contributed by atoms with Crippen LogP contribution in [0, 0.1) is 6.92 Å². The molecule has 2 aromatic rings. The smallest absolute Gasteiger partial charge is 0.324 e. The van der Waals surface area contributed by atoms with Crippen molar-refractivity contribution in [3.8, 4) is 0 Å². The number of likely N-dealkylation sites (N-methyl/N-ethyl adjacent to an activating group) is 1. The van der Waals surface area contributed by atoms with Crippen LogP contribution >= 0.6 is 0 Å². The first kappa shape index (κ1) is 24.7. The van der Waals surface area contributed by atoms with Gasteiger partial charge in [-0.1, -0.05) is 25.1 Å². The third-order valence-corrected chi connectivity index (χ3v) is 6.25. The Balaban J connectivity index is 2.30. The van der Waals surface area contributed by atoms with Crippen molar-refractivity contribution < 1.29 is 39.6 Å². The number of nitrogens with one attached hydrogen (secondary N) is 1. The van der Waals surface area contributed by atoms with Gasteiger partial charge in [0.05, 0.1) is 28.3 Å². The van der Waals surface area contributed by atoms with Gasteiger partial charge in [0, 0.05) is 6.54 Å². The van der Waals surface area contributed by atoms with E-state index >= 15 is 0 Å². The summed E-state index contributed by atoms with van der Waals surface area (Å²) in [6, 6.07) is 6.55. The predicted molar refractivity (Wildman–Crippen MR) is 101 cm³/mol. The van der Waals surface area contributed by atoms with Crippen LogP contribution < -0.4 is 5.32 Å². The minimum atomic E-state index is -4.79. The monoisotopic (exact) mass is 468 g/mol. The number of sulfonamides is 1. The molecule has 0 aliphatic heterocycles. The van der Waals surface area contributed by atoms with E-state index in [4.69, 9.17) is 0 Å². The van der Waals surface area contributed by atoms with Gasteiger partial charge < -0.3 is 5.32 Å². The van der Waals surface area contributed by atoms with Crippen LogP contribution in [0.1, 0.15) is 23.6 Å². The van der Waals surface area contributed by atoms with Crippen molar-refractivity contribution in [3.05, 3.63) is 59.2 Å². The Bertz CT molecular complexity index is 1070. The fourth-order valence-corrected chi connectivity index (χ4v) is 4.20. The van der Waals surface area contributed by atoms with E-state index in [9.17, 15) is 39.6 Å². The molecule has 0 spiro atoms. The highest BCUT2D eigenvalue weighted by Crippen LogP contribution is 2.35. The fraction of sp³-hybridized carbons (Fsp3) is 0.316. The van der Waals surface area contributed by atoms with Gasteiger partial charge in [0.25, 0.3) is 0 Å². The lowest BCUT2D eigenvalue weighted by Gasteiger charge is -2.22. The molecule has 170 valence electrons. The normalized spacial score (nSPS) is 12.8.